The van der Waals surface area contributed by atoms with Gasteiger partial charge >= 0.3 is 5.97 Å². The molecular weight excluding hydrogens is 390 g/mol. The van der Waals surface area contributed by atoms with Crippen LogP contribution in [0.25, 0.3) is 5.69 Å². The van der Waals surface area contributed by atoms with E-state index in [-0.39, 0.29) is 24.2 Å². The topological polar surface area (TPSA) is 64.4 Å². The van der Waals surface area contributed by atoms with Crippen LogP contribution in [0.1, 0.15) is 51.0 Å². The smallest absolute Gasteiger partial charge is 0.359 e. The average Bonchev–Trinajstić information content (AvgIpc) is 3.37. The van der Waals surface area contributed by atoms with E-state index in [1.54, 1.807) is 23.4 Å². The van der Waals surface area contributed by atoms with Crippen molar-refractivity contribution in [3.8, 4) is 5.69 Å². The molecule has 2 aliphatic heterocycles. The highest BCUT2D eigenvalue weighted by molar-refractivity contribution is 6.34. The Labute approximate surface area is 172 Å². The van der Waals surface area contributed by atoms with Crippen molar-refractivity contribution in [2.45, 2.75) is 25.5 Å². The van der Waals surface area contributed by atoms with Crippen molar-refractivity contribution < 1.29 is 14.3 Å². The summed E-state index contributed by atoms with van der Waals surface area (Å²) in [5.41, 5.74) is 2.93. The fourth-order valence-electron chi connectivity index (χ4n) is 4.18. The molecule has 0 saturated carbocycles. The molecule has 1 aromatic heterocycles. The molecule has 7 heteroatoms. The summed E-state index contributed by atoms with van der Waals surface area (Å²) < 4.78 is 7.34. The Bertz CT molecular complexity index is 1110. The molecule has 6 nitrogen and oxygen atoms in total. The lowest BCUT2D eigenvalue weighted by Gasteiger charge is -2.23. The van der Waals surface area contributed by atoms with Crippen LogP contribution in [0.2, 0.25) is 5.02 Å². The Morgan fingerprint density at radius 1 is 1.17 bits per heavy atom. The third-order valence-corrected chi connectivity index (χ3v) is 5.82. The number of carbonyl (C=O) groups excluding carboxylic acids is 2. The zero-order chi connectivity index (χ0) is 20.0. The van der Waals surface area contributed by atoms with E-state index in [1.807, 2.05) is 41.0 Å². The number of imidazole rings is 1. The van der Waals surface area contributed by atoms with E-state index in [0.29, 0.717) is 28.5 Å². The van der Waals surface area contributed by atoms with Crippen LogP contribution in [0.15, 0.2) is 54.9 Å². The summed E-state index contributed by atoms with van der Waals surface area (Å²) in [4.78, 5) is 32.2. The predicted molar refractivity (Wildman–Crippen MR) is 107 cm³/mol. The second-order valence-corrected chi connectivity index (χ2v) is 7.61. The molecule has 2 aliphatic rings. The molecule has 1 fully saturated rings. The van der Waals surface area contributed by atoms with E-state index < -0.39 is 5.97 Å². The summed E-state index contributed by atoms with van der Waals surface area (Å²) in [6.07, 6.45) is 3.21. The van der Waals surface area contributed by atoms with Crippen molar-refractivity contribution in [2.75, 3.05) is 6.54 Å². The van der Waals surface area contributed by atoms with Crippen molar-refractivity contribution in [1.29, 1.82) is 0 Å². The van der Waals surface area contributed by atoms with E-state index in [4.69, 9.17) is 16.3 Å². The molecule has 1 amide bonds. The van der Waals surface area contributed by atoms with Crippen LogP contribution in [0, 0.1) is 0 Å². The molecule has 5 rings (SSSR count). The number of esters is 1. The molecule has 3 aromatic rings. The molecule has 0 radical (unpaired) electrons. The first-order valence-corrected chi connectivity index (χ1v) is 9.91. The van der Waals surface area contributed by atoms with Crippen molar-refractivity contribution in [1.82, 2.24) is 14.5 Å². The number of nitrogens with zero attached hydrogens (tertiary/aromatic N) is 3. The SMILES string of the molecule is O=C(OCc1ccccc1)c1ncn2c1[C@@H]1CCCN1C(=O)c1c(Cl)cccc1-2. The Kier molecular flexibility index (Phi) is 4.36. The van der Waals surface area contributed by atoms with Gasteiger partial charge in [-0.2, -0.15) is 0 Å². The van der Waals surface area contributed by atoms with E-state index in [1.165, 1.54) is 0 Å². The number of ether oxygens (including phenoxy) is 1. The van der Waals surface area contributed by atoms with Crippen LogP contribution < -0.4 is 0 Å². The van der Waals surface area contributed by atoms with Gasteiger partial charge in [0.25, 0.3) is 5.91 Å². The highest BCUT2D eigenvalue weighted by Crippen LogP contribution is 2.41. The van der Waals surface area contributed by atoms with Crippen molar-refractivity contribution in [2.24, 2.45) is 0 Å². The Hall–Kier alpha value is -3.12. The molecule has 2 aromatic carbocycles. The molecule has 0 bridgehead atoms. The van der Waals surface area contributed by atoms with Crippen LogP contribution in [-0.2, 0) is 11.3 Å². The lowest BCUT2D eigenvalue weighted by Crippen LogP contribution is -2.30. The van der Waals surface area contributed by atoms with Gasteiger partial charge < -0.3 is 9.64 Å². The number of halogens is 1. The van der Waals surface area contributed by atoms with Crippen LogP contribution in [0.4, 0.5) is 0 Å². The first kappa shape index (κ1) is 17.9. The van der Waals surface area contributed by atoms with Crippen LogP contribution in [0.5, 0.6) is 0 Å². The summed E-state index contributed by atoms with van der Waals surface area (Å²) >= 11 is 6.38. The second-order valence-electron chi connectivity index (χ2n) is 7.20. The number of aromatic nitrogens is 2. The molecule has 3 heterocycles. The van der Waals surface area contributed by atoms with Gasteiger partial charge in [-0.25, -0.2) is 9.78 Å². The summed E-state index contributed by atoms with van der Waals surface area (Å²) in [5, 5.41) is 0.396. The maximum absolute atomic E-state index is 13.2. The third kappa shape index (κ3) is 2.91. The van der Waals surface area contributed by atoms with E-state index in [9.17, 15) is 9.59 Å². The number of benzene rings is 2. The van der Waals surface area contributed by atoms with Gasteiger partial charge in [0, 0.05) is 6.54 Å². The average molecular weight is 408 g/mol. The largest absolute Gasteiger partial charge is 0.456 e. The Morgan fingerprint density at radius 3 is 2.83 bits per heavy atom. The van der Waals surface area contributed by atoms with Crippen LogP contribution in [0.3, 0.4) is 0 Å². The van der Waals surface area contributed by atoms with Gasteiger partial charge in [-0.1, -0.05) is 48.0 Å². The van der Waals surface area contributed by atoms with E-state index in [2.05, 4.69) is 4.98 Å². The van der Waals surface area contributed by atoms with Crippen molar-refractivity contribution in [3.63, 3.8) is 0 Å². The maximum Gasteiger partial charge on any atom is 0.359 e. The van der Waals surface area contributed by atoms with Gasteiger partial charge in [0.1, 0.15) is 12.9 Å². The Morgan fingerprint density at radius 2 is 2.00 bits per heavy atom. The summed E-state index contributed by atoms with van der Waals surface area (Å²) in [7, 11) is 0. The standard InChI is InChI=1S/C22H18ClN3O3/c23-15-8-4-9-16-18(15)21(27)25-11-5-10-17(25)20-19(24-13-26(16)20)22(28)29-12-14-6-2-1-3-7-14/h1-4,6-9,13,17H,5,10-12H2/t17-/m0/s1. The van der Waals surface area contributed by atoms with Crippen molar-refractivity contribution in [3.05, 3.63) is 82.4 Å². The summed E-state index contributed by atoms with van der Waals surface area (Å²) in [6.45, 7) is 0.791. The first-order chi connectivity index (χ1) is 14.1. The molecular formula is C22H18ClN3O3. The van der Waals surface area contributed by atoms with E-state index >= 15 is 0 Å². The number of hydrogen-bond acceptors (Lipinski definition) is 4. The Balaban J connectivity index is 1.57. The fraction of sp³-hybridized carbons (Fsp3) is 0.227. The van der Waals surface area contributed by atoms with Crippen LogP contribution >= 0.6 is 11.6 Å². The van der Waals surface area contributed by atoms with Gasteiger partial charge in [-0.05, 0) is 30.5 Å². The fourth-order valence-corrected chi connectivity index (χ4v) is 4.43. The van der Waals surface area contributed by atoms with Gasteiger partial charge in [-0.15, -0.1) is 0 Å². The zero-order valence-electron chi connectivity index (χ0n) is 15.5. The van der Waals surface area contributed by atoms with Gasteiger partial charge in [0.05, 0.1) is 28.0 Å². The number of carbonyl (C=O) groups is 2. The molecule has 1 atom stereocenters. The summed E-state index contributed by atoms with van der Waals surface area (Å²) in [6, 6.07) is 14.6. The van der Waals surface area contributed by atoms with Crippen LogP contribution in [-0.4, -0.2) is 32.9 Å². The number of amides is 1. The van der Waals surface area contributed by atoms with E-state index in [0.717, 1.165) is 18.4 Å². The highest BCUT2D eigenvalue weighted by atomic mass is 35.5. The van der Waals surface area contributed by atoms with Gasteiger partial charge in [0.15, 0.2) is 5.69 Å². The lowest BCUT2D eigenvalue weighted by molar-refractivity contribution is 0.0460. The number of hydrogen-bond donors (Lipinski definition) is 0. The molecule has 0 spiro atoms. The molecule has 146 valence electrons. The minimum Gasteiger partial charge on any atom is -0.456 e. The minimum absolute atomic E-state index is 0.111. The third-order valence-electron chi connectivity index (χ3n) is 5.50. The quantitative estimate of drug-likeness (QED) is 0.611. The minimum atomic E-state index is -0.493. The maximum atomic E-state index is 13.2. The number of fused-ring (bicyclic) bond motifs is 5. The molecule has 29 heavy (non-hydrogen) atoms. The summed E-state index contributed by atoms with van der Waals surface area (Å²) in [5.74, 6) is -0.604. The van der Waals surface area contributed by atoms with Crippen molar-refractivity contribution >= 4 is 23.5 Å². The zero-order valence-corrected chi connectivity index (χ0v) is 16.3. The normalized spacial score (nSPS) is 17.3. The molecule has 0 unspecified atom stereocenters. The highest BCUT2D eigenvalue weighted by Gasteiger charge is 2.41. The lowest BCUT2D eigenvalue weighted by atomic mass is 10.1. The number of rotatable bonds is 3. The second kappa shape index (κ2) is 7.04. The first-order valence-electron chi connectivity index (χ1n) is 9.53. The van der Waals surface area contributed by atoms with Gasteiger partial charge in [0.2, 0.25) is 0 Å². The molecule has 0 N–H and O–H groups in total. The molecule has 1 saturated heterocycles. The van der Waals surface area contributed by atoms with Gasteiger partial charge in [-0.3, -0.25) is 9.36 Å². The predicted octanol–water partition coefficient (Wildman–Crippen LogP) is 4.17. The molecule has 0 aliphatic carbocycles. The monoisotopic (exact) mass is 407 g/mol.